The van der Waals surface area contributed by atoms with Gasteiger partial charge < -0.3 is 10.4 Å². The van der Waals surface area contributed by atoms with Gasteiger partial charge in [0.1, 0.15) is 0 Å². The molecule has 0 aliphatic carbocycles. The summed E-state index contributed by atoms with van der Waals surface area (Å²) in [5.41, 5.74) is 2.31. The van der Waals surface area contributed by atoms with Crippen LogP contribution in [0.25, 0.3) is 0 Å². The van der Waals surface area contributed by atoms with Gasteiger partial charge in [-0.2, -0.15) is 0 Å². The lowest BCUT2D eigenvalue weighted by Crippen LogP contribution is -2.24. The summed E-state index contributed by atoms with van der Waals surface area (Å²) in [4.78, 5) is 1.30. The molecule has 0 spiro atoms. The first-order valence-corrected chi connectivity index (χ1v) is 8.48. The summed E-state index contributed by atoms with van der Waals surface area (Å²) >= 11 is 1.74. The molecule has 1 aromatic heterocycles. The van der Waals surface area contributed by atoms with E-state index in [4.69, 9.17) is 0 Å². The Bertz CT molecular complexity index is 519. The highest BCUT2D eigenvalue weighted by atomic mass is 32.1. The van der Waals surface area contributed by atoms with Crippen molar-refractivity contribution >= 4 is 11.3 Å². The summed E-state index contributed by atoms with van der Waals surface area (Å²) < 4.78 is 0. The van der Waals surface area contributed by atoms with Gasteiger partial charge in [-0.25, -0.2) is 0 Å². The Morgan fingerprint density at radius 3 is 2.38 bits per heavy atom. The van der Waals surface area contributed by atoms with Crippen LogP contribution in [0.3, 0.4) is 0 Å². The van der Waals surface area contributed by atoms with Crippen molar-refractivity contribution in [2.75, 3.05) is 6.54 Å². The van der Waals surface area contributed by atoms with Gasteiger partial charge in [0, 0.05) is 17.5 Å². The lowest BCUT2D eigenvalue weighted by Gasteiger charge is -2.17. The number of thiophene rings is 1. The van der Waals surface area contributed by atoms with Gasteiger partial charge in [-0.15, -0.1) is 11.3 Å². The molecule has 2 rings (SSSR count). The Labute approximate surface area is 131 Å². The van der Waals surface area contributed by atoms with Gasteiger partial charge >= 0.3 is 0 Å². The number of nitrogens with one attached hydrogen (secondary N) is 1. The summed E-state index contributed by atoms with van der Waals surface area (Å²) in [6, 6.07) is 12.8. The molecular formula is C18H25NOS. The van der Waals surface area contributed by atoms with Crippen molar-refractivity contribution in [1.82, 2.24) is 5.32 Å². The Hall–Kier alpha value is -1.16. The van der Waals surface area contributed by atoms with E-state index in [-0.39, 0.29) is 6.04 Å². The topological polar surface area (TPSA) is 32.3 Å². The predicted octanol–water partition coefficient (Wildman–Crippen LogP) is 4.33. The van der Waals surface area contributed by atoms with Gasteiger partial charge in [-0.1, -0.05) is 44.2 Å². The van der Waals surface area contributed by atoms with Crippen molar-refractivity contribution < 1.29 is 5.11 Å². The van der Waals surface area contributed by atoms with Crippen LogP contribution in [-0.4, -0.2) is 11.7 Å². The Morgan fingerprint density at radius 2 is 1.81 bits per heavy atom. The van der Waals surface area contributed by atoms with Crippen LogP contribution in [0.2, 0.25) is 0 Å². The van der Waals surface area contributed by atoms with Gasteiger partial charge in [0.05, 0.1) is 6.10 Å². The van der Waals surface area contributed by atoms with E-state index >= 15 is 0 Å². The molecule has 2 nitrogen and oxygen atoms in total. The smallest absolute Gasteiger partial charge is 0.0914 e. The number of rotatable bonds is 7. The zero-order chi connectivity index (χ0) is 15.2. The third-order valence-electron chi connectivity index (χ3n) is 3.60. The van der Waals surface area contributed by atoms with Crippen molar-refractivity contribution in [3.8, 4) is 0 Å². The number of hydrogen-bond donors (Lipinski definition) is 2. The molecule has 21 heavy (non-hydrogen) atoms. The lowest BCUT2D eigenvalue weighted by molar-refractivity contribution is 0.171. The van der Waals surface area contributed by atoms with Crippen molar-refractivity contribution in [3.63, 3.8) is 0 Å². The summed E-state index contributed by atoms with van der Waals surface area (Å²) in [6.45, 7) is 7.14. The highest BCUT2D eigenvalue weighted by Gasteiger charge is 2.11. The molecule has 0 bridgehead atoms. The molecule has 3 heteroatoms. The second kappa shape index (κ2) is 7.74. The molecule has 1 heterocycles. The van der Waals surface area contributed by atoms with E-state index in [2.05, 4.69) is 55.7 Å². The molecular weight excluding hydrogens is 278 g/mol. The molecule has 2 aromatic rings. The molecule has 2 atom stereocenters. The Kier molecular flexibility index (Phi) is 5.97. The summed E-state index contributed by atoms with van der Waals surface area (Å²) in [5.74, 6) is 0.661. The number of aliphatic hydroxyl groups excluding tert-OH is 1. The summed E-state index contributed by atoms with van der Waals surface area (Å²) in [7, 11) is 0. The maximum absolute atomic E-state index is 10.3. The van der Waals surface area contributed by atoms with E-state index in [9.17, 15) is 5.11 Å². The first kappa shape index (κ1) is 16.2. The first-order valence-electron chi connectivity index (χ1n) is 7.60. The molecule has 0 fully saturated rings. The number of aliphatic hydroxyl groups is 1. The largest absolute Gasteiger partial charge is 0.387 e. The van der Waals surface area contributed by atoms with Crippen LogP contribution in [0.1, 0.15) is 48.9 Å². The van der Waals surface area contributed by atoms with Crippen molar-refractivity contribution in [2.24, 2.45) is 5.92 Å². The molecule has 0 aliphatic heterocycles. The average molecular weight is 303 g/mol. The number of hydrogen-bond acceptors (Lipinski definition) is 3. The van der Waals surface area contributed by atoms with Crippen LogP contribution in [0.15, 0.2) is 41.8 Å². The van der Waals surface area contributed by atoms with Crippen molar-refractivity contribution in [3.05, 3.63) is 57.8 Å². The first-order chi connectivity index (χ1) is 10.1. The molecule has 0 amide bonds. The average Bonchev–Trinajstić information content (AvgIpc) is 2.99. The molecule has 0 radical (unpaired) electrons. The normalized spacial score (nSPS) is 14.3. The molecule has 114 valence electrons. The van der Waals surface area contributed by atoms with Crippen LogP contribution in [0.5, 0.6) is 0 Å². The maximum atomic E-state index is 10.3. The van der Waals surface area contributed by atoms with Crippen LogP contribution >= 0.6 is 11.3 Å². The third-order valence-corrected chi connectivity index (χ3v) is 4.65. The molecule has 0 saturated carbocycles. The van der Waals surface area contributed by atoms with Crippen LogP contribution in [-0.2, 0) is 6.42 Å². The zero-order valence-electron chi connectivity index (χ0n) is 13.0. The lowest BCUT2D eigenvalue weighted by atomic mass is 10.00. The van der Waals surface area contributed by atoms with Crippen molar-refractivity contribution in [1.29, 1.82) is 0 Å². The van der Waals surface area contributed by atoms with Gasteiger partial charge in [-0.3, -0.25) is 0 Å². The second-order valence-corrected chi connectivity index (χ2v) is 6.98. The predicted molar refractivity (Wildman–Crippen MR) is 90.7 cm³/mol. The van der Waals surface area contributed by atoms with E-state index < -0.39 is 6.10 Å². The van der Waals surface area contributed by atoms with Gasteiger partial charge in [-0.05, 0) is 41.8 Å². The fourth-order valence-electron chi connectivity index (χ4n) is 2.39. The minimum Gasteiger partial charge on any atom is -0.387 e. The van der Waals surface area contributed by atoms with E-state index in [1.165, 1.54) is 10.4 Å². The summed E-state index contributed by atoms with van der Waals surface area (Å²) in [5, 5.41) is 15.8. The second-order valence-electron chi connectivity index (χ2n) is 6.00. The van der Waals surface area contributed by atoms with E-state index in [0.717, 1.165) is 12.0 Å². The minimum atomic E-state index is -0.458. The fraction of sp³-hybridized carbons (Fsp3) is 0.444. The van der Waals surface area contributed by atoms with E-state index in [1.54, 1.807) is 11.3 Å². The Morgan fingerprint density at radius 1 is 1.10 bits per heavy atom. The zero-order valence-corrected chi connectivity index (χ0v) is 13.9. The fourth-order valence-corrected chi connectivity index (χ4v) is 3.15. The van der Waals surface area contributed by atoms with Crippen LogP contribution in [0, 0.1) is 5.92 Å². The van der Waals surface area contributed by atoms with E-state index in [0.29, 0.717) is 12.5 Å². The molecule has 1 unspecified atom stereocenters. The third kappa shape index (κ3) is 4.95. The quantitative estimate of drug-likeness (QED) is 0.798. The molecule has 2 N–H and O–H groups in total. The molecule has 0 aliphatic rings. The Balaban J connectivity index is 1.86. The van der Waals surface area contributed by atoms with Gasteiger partial charge in [0.25, 0.3) is 0 Å². The SMILES string of the molecule is CC(C)Cc1ccc(C(O)CN[C@@H](C)c2cccs2)cc1. The highest BCUT2D eigenvalue weighted by Crippen LogP contribution is 2.20. The van der Waals surface area contributed by atoms with Gasteiger partial charge in [0.15, 0.2) is 0 Å². The van der Waals surface area contributed by atoms with Crippen molar-refractivity contribution in [2.45, 2.75) is 39.3 Å². The summed E-state index contributed by atoms with van der Waals surface area (Å²) in [6.07, 6.45) is 0.629. The van der Waals surface area contributed by atoms with Crippen LogP contribution < -0.4 is 5.32 Å². The standard InChI is InChI=1S/C18H25NOS/c1-13(2)11-15-6-8-16(9-7-15)17(20)12-19-14(3)18-5-4-10-21-18/h4-10,13-14,17,19-20H,11-12H2,1-3H3/t14-,17?/m0/s1. The number of benzene rings is 1. The minimum absolute atomic E-state index is 0.278. The van der Waals surface area contributed by atoms with Gasteiger partial charge in [0.2, 0.25) is 0 Å². The monoisotopic (exact) mass is 303 g/mol. The maximum Gasteiger partial charge on any atom is 0.0914 e. The molecule has 1 aromatic carbocycles. The van der Waals surface area contributed by atoms with Crippen LogP contribution in [0.4, 0.5) is 0 Å². The van der Waals surface area contributed by atoms with E-state index in [1.807, 2.05) is 12.1 Å². The highest BCUT2D eigenvalue weighted by molar-refractivity contribution is 7.10. The molecule has 0 saturated heterocycles.